The summed E-state index contributed by atoms with van der Waals surface area (Å²) in [6, 6.07) is 2.88. The third-order valence-electron chi connectivity index (χ3n) is 7.11. The maximum atomic E-state index is 13.5. The average molecular weight is 486 g/mol. The SMILES string of the molecule is NC(=O)C(c1cncnc1)[N+]12CCC(CC1)[C@@H](OC(=O)C(O)(c1ccsc1)c1ccsc1)C2. The molecular weight excluding hydrogens is 460 g/mol. The fourth-order valence-electron chi connectivity index (χ4n) is 5.43. The number of rotatable bonds is 7. The number of nitrogens with zero attached hydrogens (tertiary/aromatic N) is 3. The Morgan fingerprint density at radius 2 is 1.73 bits per heavy atom. The fourth-order valence-corrected chi connectivity index (χ4v) is 6.83. The van der Waals surface area contributed by atoms with Crippen molar-refractivity contribution in [3.8, 4) is 0 Å². The molecule has 1 unspecified atom stereocenters. The molecule has 6 heterocycles. The van der Waals surface area contributed by atoms with Gasteiger partial charge < -0.3 is 20.1 Å². The first-order valence-electron chi connectivity index (χ1n) is 10.8. The van der Waals surface area contributed by atoms with Crippen LogP contribution < -0.4 is 5.73 Å². The number of esters is 1. The van der Waals surface area contributed by atoms with E-state index < -0.39 is 29.6 Å². The molecule has 3 N–H and O–H groups in total. The molecule has 0 aliphatic carbocycles. The van der Waals surface area contributed by atoms with E-state index in [1.54, 1.807) is 35.3 Å². The molecule has 2 bridgehead atoms. The van der Waals surface area contributed by atoms with Gasteiger partial charge in [0.25, 0.3) is 5.91 Å². The maximum Gasteiger partial charge on any atom is 0.348 e. The maximum absolute atomic E-state index is 13.5. The van der Waals surface area contributed by atoms with E-state index in [4.69, 9.17) is 10.5 Å². The predicted octanol–water partition coefficient (Wildman–Crippen LogP) is 2.21. The molecule has 0 aromatic carbocycles. The van der Waals surface area contributed by atoms with Crippen LogP contribution in [0, 0.1) is 5.92 Å². The molecule has 3 aromatic rings. The molecule has 3 aliphatic heterocycles. The van der Waals surface area contributed by atoms with Gasteiger partial charge in [0.2, 0.25) is 5.60 Å². The zero-order valence-electron chi connectivity index (χ0n) is 17.9. The number of thiophene rings is 2. The predicted molar refractivity (Wildman–Crippen MR) is 123 cm³/mol. The molecule has 3 aromatic heterocycles. The van der Waals surface area contributed by atoms with E-state index in [2.05, 4.69) is 9.97 Å². The summed E-state index contributed by atoms with van der Waals surface area (Å²) in [5, 5.41) is 18.8. The number of carbonyl (C=O) groups is 2. The lowest BCUT2D eigenvalue weighted by atomic mass is 9.80. The first-order chi connectivity index (χ1) is 15.9. The van der Waals surface area contributed by atoms with E-state index in [1.165, 1.54) is 29.0 Å². The highest BCUT2D eigenvalue weighted by atomic mass is 32.1. The lowest BCUT2D eigenvalue weighted by molar-refractivity contribution is -0.965. The Kier molecular flexibility index (Phi) is 5.77. The minimum Gasteiger partial charge on any atom is -0.453 e. The van der Waals surface area contributed by atoms with Crippen LogP contribution in [-0.4, -0.2) is 57.2 Å². The summed E-state index contributed by atoms with van der Waals surface area (Å²) in [6.45, 7) is 1.99. The smallest absolute Gasteiger partial charge is 0.348 e. The molecule has 8 nitrogen and oxygen atoms in total. The van der Waals surface area contributed by atoms with Crippen LogP contribution in [0.15, 0.2) is 52.4 Å². The van der Waals surface area contributed by atoms with Crippen LogP contribution >= 0.6 is 22.7 Å². The van der Waals surface area contributed by atoms with E-state index in [0.717, 1.165) is 25.9 Å². The number of nitrogens with two attached hydrogens (primary N) is 1. The summed E-state index contributed by atoms with van der Waals surface area (Å²) in [5.41, 5.74) is 5.66. The number of aliphatic hydroxyl groups is 1. The zero-order chi connectivity index (χ0) is 23.1. The first kappa shape index (κ1) is 22.1. The van der Waals surface area contributed by atoms with Gasteiger partial charge >= 0.3 is 5.97 Å². The first-order valence-corrected chi connectivity index (χ1v) is 12.7. The van der Waals surface area contributed by atoms with Crippen molar-refractivity contribution in [3.63, 3.8) is 0 Å². The zero-order valence-corrected chi connectivity index (χ0v) is 19.5. The highest BCUT2D eigenvalue weighted by Crippen LogP contribution is 2.43. The number of quaternary nitrogens is 1. The summed E-state index contributed by atoms with van der Waals surface area (Å²) in [5.74, 6) is -0.943. The average Bonchev–Trinajstić information content (AvgIpc) is 3.55. The molecule has 172 valence electrons. The molecule has 0 saturated carbocycles. The van der Waals surface area contributed by atoms with Gasteiger partial charge in [0.05, 0.1) is 18.7 Å². The van der Waals surface area contributed by atoms with Crippen LogP contribution in [0.2, 0.25) is 0 Å². The van der Waals surface area contributed by atoms with Crippen molar-refractivity contribution >= 4 is 34.6 Å². The van der Waals surface area contributed by atoms with E-state index in [9.17, 15) is 14.7 Å². The number of carbonyl (C=O) groups excluding carboxylic acids is 2. The number of primary amides is 1. The van der Waals surface area contributed by atoms with Crippen molar-refractivity contribution in [2.24, 2.45) is 11.7 Å². The Balaban J connectivity index is 1.44. The molecular formula is C23H25N4O4S2+. The van der Waals surface area contributed by atoms with Gasteiger partial charge in [0.15, 0.2) is 12.1 Å². The lowest BCUT2D eigenvalue weighted by Crippen LogP contribution is -2.67. The minimum absolute atomic E-state index is 0.184. The number of aromatic nitrogens is 2. The molecule has 3 aliphatic rings. The summed E-state index contributed by atoms with van der Waals surface area (Å²) < 4.78 is 6.46. The van der Waals surface area contributed by atoms with Crippen molar-refractivity contribution < 1.29 is 23.9 Å². The molecule has 3 fully saturated rings. The molecule has 33 heavy (non-hydrogen) atoms. The van der Waals surface area contributed by atoms with Crippen molar-refractivity contribution in [1.29, 1.82) is 0 Å². The Hall–Kier alpha value is -2.66. The largest absolute Gasteiger partial charge is 0.453 e. The third-order valence-corrected chi connectivity index (χ3v) is 8.47. The Morgan fingerprint density at radius 3 is 2.24 bits per heavy atom. The standard InChI is InChI=1S/C23H24N4O4S2/c24-21(28)20(16-9-25-14-26-10-16)27-5-1-15(2-6-27)19(11-27)31-22(29)23(30,17-3-7-32-12-17)18-4-8-33-13-18/h3-4,7-10,12-15,19-20,30H,1-2,5-6,11H2,(H-,24,28)/p+1/t15?,19-,20?,27?/m0/s1. The third kappa shape index (κ3) is 3.76. The van der Waals surface area contributed by atoms with Gasteiger partial charge in [-0.2, -0.15) is 22.7 Å². The number of amides is 1. The summed E-state index contributed by atoms with van der Waals surface area (Å²) in [7, 11) is 0. The molecule has 3 saturated heterocycles. The van der Waals surface area contributed by atoms with Crippen LogP contribution in [0.1, 0.15) is 35.6 Å². The van der Waals surface area contributed by atoms with Gasteiger partial charge in [-0.15, -0.1) is 0 Å². The van der Waals surface area contributed by atoms with E-state index >= 15 is 0 Å². The van der Waals surface area contributed by atoms with Gasteiger partial charge in [0, 0.05) is 42.3 Å². The lowest BCUT2D eigenvalue weighted by Gasteiger charge is -2.54. The second-order valence-electron chi connectivity index (χ2n) is 8.84. The number of hydrogen-bond donors (Lipinski definition) is 2. The number of piperidine rings is 3. The number of hydrogen-bond acceptors (Lipinski definition) is 8. The van der Waals surface area contributed by atoms with Gasteiger partial charge in [-0.05, 0) is 33.7 Å². The number of ether oxygens (including phenoxy) is 1. The normalized spacial score (nSPS) is 25.5. The van der Waals surface area contributed by atoms with Crippen molar-refractivity contribution in [2.75, 3.05) is 19.6 Å². The Morgan fingerprint density at radius 1 is 1.12 bits per heavy atom. The van der Waals surface area contributed by atoms with Crippen LogP contribution in [0.4, 0.5) is 0 Å². The monoisotopic (exact) mass is 485 g/mol. The van der Waals surface area contributed by atoms with E-state index in [1.807, 2.05) is 10.8 Å². The summed E-state index contributed by atoms with van der Waals surface area (Å²) in [4.78, 5) is 34.2. The van der Waals surface area contributed by atoms with Crippen molar-refractivity contribution in [2.45, 2.75) is 30.6 Å². The second kappa shape index (κ2) is 8.60. The van der Waals surface area contributed by atoms with Gasteiger partial charge in [-0.3, -0.25) is 4.79 Å². The van der Waals surface area contributed by atoms with Crippen LogP contribution in [0.3, 0.4) is 0 Å². The van der Waals surface area contributed by atoms with Gasteiger partial charge in [-0.1, -0.05) is 0 Å². The Bertz CT molecular complexity index is 1080. The van der Waals surface area contributed by atoms with Crippen LogP contribution in [0.25, 0.3) is 0 Å². The molecule has 1 amide bonds. The second-order valence-corrected chi connectivity index (χ2v) is 10.4. The molecule has 6 rings (SSSR count). The van der Waals surface area contributed by atoms with Crippen LogP contribution in [-0.2, 0) is 19.9 Å². The summed E-state index contributed by atoms with van der Waals surface area (Å²) >= 11 is 2.83. The quantitative estimate of drug-likeness (QED) is 0.392. The molecule has 2 atom stereocenters. The van der Waals surface area contributed by atoms with Crippen LogP contribution in [0.5, 0.6) is 0 Å². The Labute approximate surface area is 199 Å². The molecule has 10 heteroatoms. The number of fused-ring (bicyclic) bond motifs is 3. The highest BCUT2D eigenvalue weighted by Gasteiger charge is 2.55. The summed E-state index contributed by atoms with van der Waals surface area (Å²) in [6.07, 6.45) is 5.88. The van der Waals surface area contributed by atoms with Gasteiger partial charge in [0.1, 0.15) is 12.9 Å². The van der Waals surface area contributed by atoms with E-state index in [0.29, 0.717) is 27.7 Å². The van der Waals surface area contributed by atoms with Crippen molar-refractivity contribution in [3.05, 3.63) is 69.1 Å². The van der Waals surface area contributed by atoms with Crippen molar-refractivity contribution in [1.82, 2.24) is 9.97 Å². The topological polar surface area (TPSA) is 115 Å². The van der Waals surface area contributed by atoms with E-state index in [-0.39, 0.29) is 5.92 Å². The molecule has 0 radical (unpaired) electrons. The highest BCUT2D eigenvalue weighted by molar-refractivity contribution is 7.08. The minimum atomic E-state index is -1.87. The van der Waals surface area contributed by atoms with Gasteiger partial charge in [-0.25, -0.2) is 14.8 Å². The molecule has 0 spiro atoms. The fraction of sp³-hybridized carbons (Fsp3) is 0.391.